The van der Waals surface area contributed by atoms with E-state index < -0.39 is 24.0 Å². The second-order valence-corrected chi connectivity index (χ2v) is 7.54. The maximum absolute atomic E-state index is 12.4. The van der Waals surface area contributed by atoms with Crippen molar-refractivity contribution in [3.8, 4) is 0 Å². The molecule has 3 rings (SSSR count). The van der Waals surface area contributed by atoms with Crippen LogP contribution < -0.4 is 16.4 Å². The first-order valence-corrected chi connectivity index (χ1v) is 10.4. The molecule has 0 aliphatic heterocycles. The van der Waals surface area contributed by atoms with Crippen LogP contribution in [0.2, 0.25) is 0 Å². The fraction of sp³-hybridized carbons (Fsp3) is 0.240. The number of nitrogens with one attached hydrogen (secondary N) is 2. The summed E-state index contributed by atoms with van der Waals surface area (Å²) in [4.78, 5) is 36.7. The zero-order valence-electron chi connectivity index (χ0n) is 17.9. The molecule has 7 nitrogen and oxygen atoms in total. The first-order valence-electron chi connectivity index (χ1n) is 10.4. The Morgan fingerprint density at radius 2 is 1.59 bits per heavy atom. The summed E-state index contributed by atoms with van der Waals surface area (Å²) in [6.07, 6.45) is -0.275. The van der Waals surface area contributed by atoms with Gasteiger partial charge in [-0.25, -0.2) is 0 Å². The minimum Gasteiger partial charge on any atom is -0.461 e. The molecule has 3 aromatic rings. The molecule has 0 fully saturated rings. The molecule has 0 saturated heterocycles. The number of amides is 2. The van der Waals surface area contributed by atoms with Crippen molar-refractivity contribution < 1.29 is 19.1 Å². The van der Waals surface area contributed by atoms with Crippen LogP contribution in [0.4, 0.5) is 0 Å². The van der Waals surface area contributed by atoms with Gasteiger partial charge in [0.1, 0.15) is 12.6 Å². The lowest BCUT2D eigenvalue weighted by molar-refractivity contribution is -0.146. The second-order valence-electron chi connectivity index (χ2n) is 7.54. The highest BCUT2D eigenvalue weighted by Crippen LogP contribution is 2.18. The second kappa shape index (κ2) is 11.1. The Hall–Kier alpha value is -3.71. The molecule has 4 N–H and O–H groups in total. The van der Waals surface area contributed by atoms with Gasteiger partial charge in [-0.15, -0.1) is 0 Å². The monoisotopic (exact) mass is 433 g/mol. The number of rotatable bonds is 9. The molecule has 0 spiro atoms. The highest BCUT2D eigenvalue weighted by Gasteiger charge is 2.22. The minimum absolute atomic E-state index is 0.112. The third-order valence-corrected chi connectivity index (χ3v) is 5.05. The van der Waals surface area contributed by atoms with Gasteiger partial charge in [0.05, 0.1) is 12.5 Å². The Morgan fingerprint density at radius 1 is 0.906 bits per heavy atom. The van der Waals surface area contributed by atoms with E-state index in [1.807, 2.05) is 72.8 Å². The Bertz CT molecular complexity index is 1080. The van der Waals surface area contributed by atoms with Crippen molar-refractivity contribution in [2.45, 2.75) is 38.6 Å². The molecule has 2 unspecified atom stereocenters. The van der Waals surface area contributed by atoms with Crippen LogP contribution in [0.3, 0.4) is 0 Å². The van der Waals surface area contributed by atoms with E-state index in [0.717, 1.165) is 21.9 Å². The maximum Gasteiger partial charge on any atom is 0.308 e. The van der Waals surface area contributed by atoms with Gasteiger partial charge in [-0.05, 0) is 28.8 Å². The zero-order chi connectivity index (χ0) is 22.9. The number of ether oxygens (including phenoxy) is 1. The van der Waals surface area contributed by atoms with Crippen LogP contribution in [-0.4, -0.2) is 29.9 Å². The van der Waals surface area contributed by atoms with E-state index in [2.05, 4.69) is 10.6 Å². The van der Waals surface area contributed by atoms with Crippen molar-refractivity contribution in [2.24, 2.45) is 5.73 Å². The fourth-order valence-corrected chi connectivity index (χ4v) is 3.24. The van der Waals surface area contributed by atoms with Crippen molar-refractivity contribution >= 4 is 28.6 Å². The molecule has 0 saturated carbocycles. The summed E-state index contributed by atoms with van der Waals surface area (Å²) in [6.45, 7) is 2.01. The van der Waals surface area contributed by atoms with Gasteiger partial charge < -0.3 is 21.1 Å². The molecule has 0 bridgehead atoms. The summed E-state index contributed by atoms with van der Waals surface area (Å²) in [5, 5.41) is 7.52. The topological polar surface area (TPSA) is 111 Å². The standard InChI is InChI=1S/C25H27N3O4/c1-17(24(30)27-15-20-12-7-11-19-10-5-6-13-21(19)20)28-25(31)22(26)14-23(29)32-16-18-8-3-2-4-9-18/h2-13,17,22H,14-16,26H2,1H3,(H,27,30)(H,28,31). The van der Waals surface area contributed by atoms with Crippen LogP contribution in [0.1, 0.15) is 24.5 Å². The van der Waals surface area contributed by atoms with Crippen molar-refractivity contribution in [1.29, 1.82) is 0 Å². The lowest BCUT2D eigenvalue weighted by Gasteiger charge is -2.17. The highest BCUT2D eigenvalue weighted by atomic mass is 16.5. The van der Waals surface area contributed by atoms with E-state index in [1.54, 1.807) is 6.92 Å². The average Bonchev–Trinajstić information content (AvgIpc) is 2.81. The van der Waals surface area contributed by atoms with Gasteiger partial charge in [0.25, 0.3) is 0 Å². The lowest BCUT2D eigenvalue weighted by Crippen LogP contribution is -2.50. The largest absolute Gasteiger partial charge is 0.461 e. The molecule has 2 amide bonds. The van der Waals surface area contributed by atoms with Crippen LogP contribution in [0.5, 0.6) is 0 Å². The number of nitrogens with two attached hydrogens (primary N) is 1. The Balaban J connectivity index is 1.44. The van der Waals surface area contributed by atoms with Crippen LogP contribution in [-0.2, 0) is 32.3 Å². The third-order valence-electron chi connectivity index (χ3n) is 5.05. The molecule has 0 aromatic heterocycles. The smallest absolute Gasteiger partial charge is 0.308 e. The zero-order valence-corrected chi connectivity index (χ0v) is 17.9. The van der Waals surface area contributed by atoms with Gasteiger partial charge in [0.2, 0.25) is 11.8 Å². The Kier molecular flexibility index (Phi) is 7.94. The van der Waals surface area contributed by atoms with Gasteiger partial charge in [0.15, 0.2) is 0 Å². The molecule has 7 heteroatoms. The number of hydrogen-bond acceptors (Lipinski definition) is 5. The van der Waals surface area contributed by atoms with Gasteiger partial charge >= 0.3 is 5.97 Å². The van der Waals surface area contributed by atoms with E-state index in [4.69, 9.17) is 10.5 Å². The maximum atomic E-state index is 12.4. The highest BCUT2D eigenvalue weighted by molar-refractivity contribution is 5.91. The summed E-state index contributed by atoms with van der Waals surface area (Å²) in [5.41, 5.74) is 7.64. The summed E-state index contributed by atoms with van der Waals surface area (Å²) < 4.78 is 5.15. The van der Waals surface area contributed by atoms with Crippen molar-refractivity contribution in [3.63, 3.8) is 0 Å². The Morgan fingerprint density at radius 3 is 2.38 bits per heavy atom. The third kappa shape index (κ3) is 6.39. The molecule has 2 atom stereocenters. The number of fused-ring (bicyclic) bond motifs is 1. The van der Waals surface area contributed by atoms with Crippen molar-refractivity contribution in [1.82, 2.24) is 10.6 Å². The molecule has 0 aliphatic rings. The average molecular weight is 434 g/mol. The SMILES string of the molecule is CC(NC(=O)C(N)CC(=O)OCc1ccccc1)C(=O)NCc1cccc2ccccc12. The summed E-state index contributed by atoms with van der Waals surface area (Å²) in [6, 6.07) is 21.1. The van der Waals surface area contributed by atoms with E-state index in [-0.39, 0.29) is 18.9 Å². The number of benzene rings is 3. The van der Waals surface area contributed by atoms with E-state index in [0.29, 0.717) is 6.54 Å². The quantitative estimate of drug-likeness (QED) is 0.449. The van der Waals surface area contributed by atoms with Gasteiger partial charge in [0, 0.05) is 6.54 Å². The van der Waals surface area contributed by atoms with E-state index in [1.165, 1.54) is 0 Å². The molecule has 3 aromatic carbocycles. The predicted molar refractivity (Wildman–Crippen MR) is 122 cm³/mol. The lowest BCUT2D eigenvalue weighted by atomic mass is 10.0. The molecule has 0 heterocycles. The first kappa shape index (κ1) is 23.0. The number of carbonyl (C=O) groups is 3. The summed E-state index contributed by atoms with van der Waals surface area (Å²) >= 11 is 0. The van der Waals surface area contributed by atoms with Crippen molar-refractivity contribution in [3.05, 3.63) is 83.9 Å². The van der Waals surface area contributed by atoms with Crippen LogP contribution >= 0.6 is 0 Å². The molecule has 0 radical (unpaired) electrons. The van der Waals surface area contributed by atoms with Gasteiger partial charge in [-0.1, -0.05) is 72.8 Å². The molecule has 0 aliphatic carbocycles. The van der Waals surface area contributed by atoms with Crippen LogP contribution in [0.15, 0.2) is 72.8 Å². The Labute approximate surface area is 186 Å². The number of hydrogen-bond donors (Lipinski definition) is 3. The molecule has 32 heavy (non-hydrogen) atoms. The molecule has 166 valence electrons. The number of esters is 1. The van der Waals surface area contributed by atoms with Gasteiger partial charge in [-0.2, -0.15) is 0 Å². The number of carbonyl (C=O) groups excluding carboxylic acids is 3. The normalized spacial score (nSPS) is 12.6. The van der Waals surface area contributed by atoms with E-state index in [9.17, 15) is 14.4 Å². The van der Waals surface area contributed by atoms with Crippen LogP contribution in [0, 0.1) is 0 Å². The summed E-state index contributed by atoms with van der Waals surface area (Å²) in [5.74, 6) is -1.51. The fourth-order valence-electron chi connectivity index (χ4n) is 3.24. The van der Waals surface area contributed by atoms with Gasteiger partial charge in [-0.3, -0.25) is 14.4 Å². The molecular formula is C25H27N3O4. The summed E-state index contributed by atoms with van der Waals surface area (Å²) in [7, 11) is 0. The molecular weight excluding hydrogens is 406 g/mol. The van der Waals surface area contributed by atoms with Crippen molar-refractivity contribution in [2.75, 3.05) is 0 Å². The minimum atomic E-state index is -1.11. The van der Waals surface area contributed by atoms with E-state index >= 15 is 0 Å². The van der Waals surface area contributed by atoms with Crippen LogP contribution in [0.25, 0.3) is 10.8 Å². The predicted octanol–water partition coefficient (Wildman–Crippen LogP) is 2.42. The first-order chi connectivity index (χ1) is 15.4.